The van der Waals surface area contributed by atoms with Crippen LogP contribution in [0.5, 0.6) is 0 Å². The van der Waals surface area contributed by atoms with E-state index in [0.717, 1.165) is 22.2 Å². The maximum Gasteiger partial charge on any atom is 0.329 e. The van der Waals surface area contributed by atoms with Crippen LogP contribution in [0.25, 0.3) is 17.4 Å². The lowest BCUT2D eigenvalue weighted by atomic mass is 9.96. The number of carbonyl (C=O) groups excluding carboxylic acids is 3. The molecule has 0 radical (unpaired) electrons. The van der Waals surface area contributed by atoms with Crippen LogP contribution in [0.1, 0.15) is 12.7 Å². The van der Waals surface area contributed by atoms with Crippen molar-refractivity contribution < 1.29 is 23.5 Å². The van der Waals surface area contributed by atoms with Gasteiger partial charge in [0.05, 0.1) is 0 Å². The van der Waals surface area contributed by atoms with Gasteiger partial charge >= 0.3 is 5.97 Å². The van der Waals surface area contributed by atoms with Gasteiger partial charge in [0.25, 0.3) is 0 Å². The summed E-state index contributed by atoms with van der Waals surface area (Å²) >= 11 is 3.45. The second-order valence-electron chi connectivity index (χ2n) is 5.43. The number of esters is 1. The molecule has 0 spiro atoms. The zero-order valence-corrected chi connectivity index (χ0v) is 14.8. The third kappa shape index (κ3) is 3.69. The number of carbonyl (C=O) groups is 3. The van der Waals surface area contributed by atoms with Crippen molar-refractivity contribution in [3.05, 3.63) is 64.5 Å². The standard InChI is InChI=1S/C19H13BrO5/c1-11-10-16(22)18(19(23)24-11)15(21)8-6-12-7-9-17(25-12)13-4-2-3-5-14(13)20/h2-10,18H,1H3/b8-6+. The summed E-state index contributed by atoms with van der Waals surface area (Å²) in [4.78, 5) is 35.7. The van der Waals surface area contributed by atoms with Gasteiger partial charge in [0.1, 0.15) is 17.3 Å². The van der Waals surface area contributed by atoms with E-state index >= 15 is 0 Å². The van der Waals surface area contributed by atoms with E-state index in [-0.39, 0.29) is 5.76 Å². The molecule has 2 heterocycles. The Morgan fingerprint density at radius 2 is 1.92 bits per heavy atom. The zero-order valence-electron chi connectivity index (χ0n) is 13.2. The fourth-order valence-electron chi connectivity index (χ4n) is 2.41. The van der Waals surface area contributed by atoms with Crippen molar-refractivity contribution in [2.45, 2.75) is 6.92 Å². The van der Waals surface area contributed by atoms with E-state index < -0.39 is 23.5 Å². The highest BCUT2D eigenvalue weighted by molar-refractivity contribution is 9.10. The summed E-state index contributed by atoms with van der Waals surface area (Å²) in [6.07, 6.45) is 3.73. The van der Waals surface area contributed by atoms with E-state index in [2.05, 4.69) is 15.9 Å². The number of cyclic esters (lactones) is 1. The van der Waals surface area contributed by atoms with Gasteiger partial charge in [-0.25, -0.2) is 0 Å². The Bertz CT molecular complexity index is 919. The van der Waals surface area contributed by atoms with Gasteiger partial charge in [-0.15, -0.1) is 0 Å². The van der Waals surface area contributed by atoms with E-state index in [9.17, 15) is 14.4 Å². The van der Waals surface area contributed by atoms with Crippen molar-refractivity contribution in [2.24, 2.45) is 5.92 Å². The van der Waals surface area contributed by atoms with Crippen LogP contribution in [0.15, 0.2) is 63.2 Å². The number of allylic oxidation sites excluding steroid dienone is 3. The van der Waals surface area contributed by atoms with Gasteiger partial charge in [0.2, 0.25) is 0 Å². The Morgan fingerprint density at radius 3 is 2.64 bits per heavy atom. The van der Waals surface area contributed by atoms with Gasteiger partial charge in [0.15, 0.2) is 17.5 Å². The first-order chi connectivity index (χ1) is 12.0. The lowest BCUT2D eigenvalue weighted by Gasteiger charge is -2.15. The Kier molecular flexibility index (Phi) is 4.81. The monoisotopic (exact) mass is 400 g/mol. The van der Waals surface area contributed by atoms with Crippen molar-refractivity contribution in [3.8, 4) is 11.3 Å². The van der Waals surface area contributed by atoms with Crippen molar-refractivity contribution in [1.82, 2.24) is 0 Å². The average molecular weight is 401 g/mol. The van der Waals surface area contributed by atoms with Gasteiger partial charge in [0, 0.05) is 16.1 Å². The maximum absolute atomic E-state index is 12.1. The van der Waals surface area contributed by atoms with Crippen molar-refractivity contribution >= 4 is 39.5 Å². The molecule has 1 aromatic heterocycles. The van der Waals surface area contributed by atoms with Crippen LogP contribution < -0.4 is 0 Å². The molecule has 0 amide bonds. The Morgan fingerprint density at radius 1 is 1.16 bits per heavy atom. The smallest absolute Gasteiger partial charge is 0.329 e. The van der Waals surface area contributed by atoms with Crippen LogP contribution in [-0.2, 0) is 19.1 Å². The van der Waals surface area contributed by atoms with Crippen LogP contribution in [-0.4, -0.2) is 17.5 Å². The highest BCUT2D eigenvalue weighted by Gasteiger charge is 2.36. The number of rotatable bonds is 4. The molecule has 0 N–H and O–H groups in total. The molecule has 6 heteroatoms. The zero-order chi connectivity index (χ0) is 18.0. The molecule has 0 saturated carbocycles. The minimum Gasteiger partial charge on any atom is -0.457 e. The van der Waals surface area contributed by atoms with Gasteiger partial charge in [-0.2, -0.15) is 0 Å². The van der Waals surface area contributed by atoms with Crippen LogP contribution in [0.4, 0.5) is 0 Å². The molecule has 1 unspecified atom stereocenters. The lowest BCUT2D eigenvalue weighted by molar-refractivity contribution is -0.151. The number of furan rings is 1. The topological polar surface area (TPSA) is 73.6 Å². The molecule has 0 bridgehead atoms. The predicted molar refractivity (Wildman–Crippen MR) is 94.2 cm³/mol. The fraction of sp³-hybridized carbons (Fsp3) is 0.105. The number of halogens is 1. The molecule has 1 atom stereocenters. The molecule has 5 nitrogen and oxygen atoms in total. The summed E-state index contributed by atoms with van der Waals surface area (Å²) in [6, 6.07) is 11.0. The molecule has 3 rings (SSSR count). The number of ether oxygens (including phenoxy) is 1. The second-order valence-corrected chi connectivity index (χ2v) is 6.28. The van der Waals surface area contributed by atoms with Crippen molar-refractivity contribution in [2.75, 3.05) is 0 Å². The summed E-state index contributed by atoms with van der Waals surface area (Å²) in [7, 11) is 0. The van der Waals surface area contributed by atoms with E-state index in [1.54, 1.807) is 12.1 Å². The molecule has 126 valence electrons. The van der Waals surface area contributed by atoms with Crippen LogP contribution >= 0.6 is 15.9 Å². The number of benzene rings is 1. The molecule has 0 fully saturated rings. The minimum atomic E-state index is -1.45. The van der Waals surface area contributed by atoms with Gasteiger partial charge in [-0.1, -0.05) is 34.1 Å². The van der Waals surface area contributed by atoms with Crippen molar-refractivity contribution in [3.63, 3.8) is 0 Å². The highest BCUT2D eigenvalue weighted by Crippen LogP contribution is 2.29. The second kappa shape index (κ2) is 7.03. The van der Waals surface area contributed by atoms with Crippen LogP contribution in [0.3, 0.4) is 0 Å². The molecule has 0 saturated heterocycles. The Labute approximate surface area is 152 Å². The third-order valence-electron chi connectivity index (χ3n) is 3.59. The lowest BCUT2D eigenvalue weighted by Crippen LogP contribution is -2.34. The van der Waals surface area contributed by atoms with Gasteiger partial charge < -0.3 is 9.15 Å². The number of hydrogen-bond acceptors (Lipinski definition) is 5. The van der Waals surface area contributed by atoms with Gasteiger partial charge in [-0.3, -0.25) is 14.4 Å². The SMILES string of the molecule is CC1=CC(=O)C(C(=O)/C=C/c2ccc(-c3ccccc3Br)o2)C(=O)O1. The average Bonchev–Trinajstić information content (AvgIpc) is 3.01. The molecule has 0 aliphatic carbocycles. The summed E-state index contributed by atoms with van der Waals surface area (Å²) < 4.78 is 11.4. The first-order valence-electron chi connectivity index (χ1n) is 7.46. The molecular weight excluding hydrogens is 388 g/mol. The normalized spacial score (nSPS) is 17.5. The number of ketones is 2. The third-order valence-corrected chi connectivity index (χ3v) is 4.28. The largest absolute Gasteiger partial charge is 0.457 e. The van der Waals surface area contributed by atoms with Gasteiger partial charge in [-0.05, 0) is 37.3 Å². The number of hydrogen-bond donors (Lipinski definition) is 0. The summed E-state index contributed by atoms with van der Waals surface area (Å²) in [5.74, 6) is -2.26. The molecule has 1 aliphatic rings. The minimum absolute atomic E-state index is 0.187. The van der Waals surface area contributed by atoms with Crippen molar-refractivity contribution in [1.29, 1.82) is 0 Å². The molecular formula is C19H13BrO5. The van der Waals surface area contributed by atoms with Crippen LogP contribution in [0.2, 0.25) is 0 Å². The molecule has 25 heavy (non-hydrogen) atoms. The summed E-state index contributed by atoms with van der Waals surface area (Å²) in [5, 5.41) is 0. The first-order valence-corrected chi connectivity index (χ1v) is 8.25. The Balaban J connectivity index is 1.77. The molecule has 2 aromatic rings. The molecule has 1 aliphatic heterocycles. The van der Waals surface area contributed by atoms with E-state index in [0.29, 0.717) is 11.5 Å². The summed E-state index contributed by atoms with van der Waals surface area (Å²) in [5.41, 5.74) is 0.875. The maximum atomic E-state index is 12.1. The van der Waals surface area contributed by atoms with E-state index in [1.807, 2.05) is 24.3 Å². The van der Waals surface area contributed by atoms with Crippen LogP contribution in [0, 0.1) is 5.92 Å². The van der Waals surface area contributed by atoms with E-state index in [1.165, 1.54) is 13.0 Å². The highest BCUT2D eigenvalue weighted by atomic mass is 79.9. The fourth-order valence-corrected chi connectivity index (χ4v) is 2.89. The predicted octanol–water partition coefficient (Wildman–Crippen LogP) is 3.94. The first kappa shape index (κ1) is 17.1. The Hall–Kier alpha value is -2.73. The summed E-state index contributed by atoms with van der Waals surface area (Å²) in [6.45, 7) is 1.48. The van der Waals surface area contributed by atoms with E-state index in [4.69, 9.17) is 9.15 Å². The quantitative estimate of drug-likeness (QED) is 0.441. The molecule has 1 aromatic carbocycles.